The number of carbonyl (C=O) groups excluding carboxylic acids is 1. The number of nitrogens with zero attached hydrogens (tertiary/aromatic N) is 1. The fourth-order valence-corrected chi connectivity index (χ4v) is 2.50. The van der Waals surface area contributed by atoms with Gasteiger partial charge in [-0.1, -0.05) is 11.6 Å². The van der Waals surface area contributed by atoms with Gasteiger partial charge in [-0.15, -0.1) is 0 Å². The molecule has 0 fully saturated rings. The predicted octanol–water partition coefficient (Wildman–Crippen LogP) is 0.932. The van der Waals surface area contributed by atoms with Crippen LogP contribution in [0.1, 0.15) is 39.0 Å². The standard InChI is InChI=1S/C15H21N3O3/c1-11(12-5-3-2-4-6-12)16-13(19)7-9-18-10-8-14(20)17-15(18)21/h5,8,10-11H,2-4,6-7,9H2,1H3,(H,16,19)(H,17,20,21). The third-order valence-corrected chi connectivity index (χ3v) is 3.74. The number of H-pyrrole nitrogens is 1. The summed E-state index contributed by atoms with van der Waals surface area (Å²) in [5.41, 5.74) is 0.368. The number of nitrogens with one attached hydrogen (secondary N) is 2. The summed E-state index contributed by atoms with van der Waals surface area (Å²) in [7, 11) is 0. The zero-order valence-electron chi connectivity index (χ0n) is 12.2. The molecule has 0 spiro atoms. The first-order valence-electron chi connectivity index (χ1n) is 7.34. The third-order valence-electron chi connectivity index (χ3n) is 3.74. The zero-order valence-corrected chi connectivity index (χ0v) is 12.2. The molecule has 114 valence electrons. The van der Waals surface area contributed by atoms with Gasteiger partial charge in [0.15, 0.2) is 0 Å². The van der Waals surface area contributed by atoms with Crippen molar-refractivity contribution in [1.82, 2.24) is 14.9 Å². The highest BCUT2D eigenvalue weighted by Gasteiger charge is 2.14. The van der Waals surface area contributed by atoms with Gasteiger partial charge in [0.1, 0.15) is 0 Å². The van der Waals surface area contributed by atoms with Gasteiger partial charge < -0.3 is 9.88 Å². The maximum atomic E-state index is 11.9. The Bertz CT molecular complexity index is 642. The number of amides is 1. The number of carbonyl (C=O) groups is 1. The Balaban J connectivity index is 1.85. The number of hydrogen-bond donors (Lipinski definition) is 2. The van der Waals surface area contributed by atoms with Crippen LogP contribution in [-0.2, 0) is 11.3 Å². The van der Waals surface area contributed by atoms with Crippen LogP contribution in [0.2, 0.25) is 0 Å². The van der Waals surface area contributed by atoms with Gasteiger partial charge >= 0.3 is 5.69 Å². The molecule has 1 atom stereocenters. The first-order chi connectivity index (χ1) is 10.1. The second kappa shape index (κ2) is 7.06. The van der Waals surface area contributed by atoms with Crippen LogP contribution >= 0.6 is 0 Å². The fraction of sp³-hybridized carbons (Fsp3) is 0.533. The Labute approximate surface area is 122 Å². The highest BCUT2D eigenvalue weighted by Crippen LogP contribution is 2.20. The van der Waals surface area contributed by atoms with Crippen molar-refractivity contribution in [2.75, 3.05) is 0 Å². The van der Waals surface area contributed by atoms with Crippen LogP contribution < -0.4 is 16.6 Å². The average Bonchev–Trinajstić information content (AvgIpc) is 2.47. The van der Waals surface area contributed by atoms with E-state index in [1.807, 2.05) is 6.92 Å². The molecule has 6 heteroatoms. The summed E-state index contributed by atoms with van der Waals surface area (Å²) in [6.07, 6.45) is 8.35. The van der Waals surface area contributed by atoms with E-state index in [0.717, 1.165) is 12.8 Å². The van der Waals surface area contributed by atoms with Crippen LogP contribution in [0.4, 0.5) is 0 Å². The Kier molecular flexibility index (Phi) is 5.14. The first kappa shape index (κ1) is 15.3. The lowest BCUT2D eigenvalue weighted by Crippen LogP contribution is -2.36. The van der Waals surface area contributed by atoms with Crippen molar-refractivity contribution in [3.63, 3.8) is 0 Å². The first-order valence-corrected chi connectivity index (χ1v) is 7.34. The van der Waals surface area contributed by atoms with Crippen LogP contribution in [-0.4, -0.2) is 21.5 Å². The molecule has 0 bridgehead atoms. The lowest BCUT2D eigenvalue weighted by Gasteiger charge is -2.20. The largest absolute Gasteiger partial charge is 0.350 e. The summed E-state index contributed by atoms with van der Waals surface area (Å²) in [5.74, 6) is -0.0907. The van der Waals surface area contributed by atoms with Crippen molar-refractivity contribution < 1.29 is 4.79 Å². The topological polar surface area (TPSA) is 84.0 Å². The Morgan fingerprint density at radius 3 is 2.90 bits per heavy atom. The van der Waals surface area contributed by atoms with Gasteiger partial charge in [-0.25, -0.2) is 4.79 Å². The zero-order chi connectivity index (χ0) is 15.2. The number of aryl methyl sites for hydroxylation is 1. The Morgan fingerprint density at radius 1 is 1.43 bits per heavy atom. The molecule has 0 aromatic carbocycles. The lowest BCUT2D eigenvalue weighted by molar-refractivity contribution is -0.121. The molecule has 1 aromatic heterocycles. The Morgan fingerprint density at radius 2 is 2.24 bits per heavy atom. The highest BCUT2D eigenvalue weighted by atomic mass is 16.2. The van der Waals surface area contributed by atoms with Crippen molar-refractivity contribution in [1.29, 1.82) is 0 Å². The van der Waals surface area contributed by atoms with Gasteiger partial charge in [-0.2, -0.15) is 0 Å². The third kappa shape index (κ3) is 4.44. The molecule has 0 saturated carbocycles. The maximum absolute atomic E-state index is 11.9. The molecule has 0 radical (unpaired) electrons. The van der Waals surface area contributed by atoms with Crippen molar-refractivity contribution in [3.8, 4) is 0 Å². The molecule has 1 unspecified atom stereocenters. The van der Waals surface area contributed by atoms with Crippen molar-refractivity contribution in [2.24, 2.45) is 0 Å². The molecule has 0 saturated heterocycles. The van der Waals surface area contributed by atoms with Crippen molar-refractivity contribution in [2.45, 2.75) is 51.6 Å². The smallest absolute Gasteiger partial charge is 0.328 e. The van der Waals surface area contributed by atoms with E-state index in [9.17, 15) is 14.4 Å². The molecule has 2 N–H and O–H groups in total. The van der Waals surface area contributed by atoms with Crippen LogP contribution in [0, 0.1) is 0 Å². The van der Waals surface area contributed by atoms with E-state index in [-0.39, 0.29) is 24.9 Å². The number of aromatic nitrogens is 2. The maximum Gasteiger partial charge on any atom is 0.328 e. The van der Waals surface area contributed by atoms with Crippen LogP contribution in [0.3, 0.4) is 0 Å². The van der Waals surface area contributed by atoms with E-state index in [0.29, 0.717) is 0 Å². The predicted molar refractivity (Wildman–Crippen MR) is 80.1 cm³/mol. The van der Waals surface area contributed by atoms with Gasteiger partial charge in [0.25, 0.3) is 5.56 Å². The summed E-state index contributed by atoms with van der Waals surface area (Å²) in [6.45, 7) is 2.24. The van der Waals surface area contributed by atoms with Crippen molar-refractivity contribution >= 4 is 5.91 Å². The van der Waals surface area contributed by atoms with E-state index in [1.165, 1.54) is 35.2 Å². The van der Waals surface area contributed by atoms with Crippen molar-refractivity contribution in [3.05, 3.63) is 44.8 Å². The quantitative estimate of drug-likeness (QED) is 0.792. The van der Waals surface area contributed by atoms with E-state index in [1.54, 1.807) is 0 Å². The molecule has 1 aromatic rings. The summed E-state index contributed by atoms with van der Waals surface area (Å²) in [4.78, 5) is 36.5. The van der Waals surface area contributed by atoms with Gasteiger partial charge in [0, 0.05) is 31.3 Å². The fourth-order valence-electron chi connectivity index (χ4n) is 2.50. The molecule has 1 amide bonds. The summed E-state index contributed by atoms with van der Waals surface area (Å²) in [5, 5.41) is 2.96. The number of aromatic amines is 1. The van der Waals surface area contributed by atoms with Crippen LogP contribution in [0.5, 0.6) is 0 Å². The van der Waals surface area contributed by atoms with E-state index in [4.69, 9.17) is 0 Å². The molecule has 2 rings (SSSR count). The number of hydrogen-bond acceptors (Lipinski definition) is 3. The SMILES string of the molecule is CC(NC(=O)CCn1ccc(=O)[nH]c1=O)C1=CCCCC1. The van der Waals surface area contributed by atoms with Gasteiger partial charge in [0.2, 0.25) is 5.91 Å². The highest BCUT2D eigenvalue weighted by molar-refractivity contribution is 5.76. The molecule has 1 aliphatic rings. The minimum Gasteiger partial charge on any atom is -0.350 e. The molecule has 21 heavy (non-hydrogen) atoms. The van der Waals surface area contributed by atoms with Crippen LogP contribution in [0.25, 0.3) is 0 Å². The molecular weight excluding hydrogens is 270 g/mol. The van der Waals surface area contributed by atoms with E-state index < -0.39 is 11.2 Å². The van der Waals surface area contributed by atoms with Crippen LogP contribution in [0.15, 0.2) is 33.5 Å². The van der Waals surface area contributed by atoms with Gasteiger partial charge in [-0.05, 0) is 32.6 Å². The number of rotatable bonds is 5. The van der Waals surface area contributed by atoms with Gasteiger partial charge in [-0.3, -0.25) is 14.6 Å². The normalized spacial score (nSPS) is 16.1. The van der Waals surface area contributed by atoms with E-state index in [2.05, 4.69) is 16.4 Å². The monoisotopic (exact) mass is 291 g/mol. The molecule has 1 heterocycles. The molecule has 1 aliphatic carbocycles. The minimum absolute atomic E-state index is 0.0464. The second-order valence-electron chi connectivity index (χ2n) is 5.37. The molecule has 0 aliphatic heterocycles. The summed E-state index contributed by atoms with van der Waals surface area (Å²) < 4.78 is 1.32. The summed E-state index contributed by atoms with van der Waals surface area (Å²) in [6, 6.07) is 1.32. The average molecular weight is 291 g/mol. The minimum atomic E-state index is -0.488. The lowest BCUT2D eigenvalue weighted by atomic mass is 9.95. The molecule has 6 nitrogen and oxygen atoms in total. The number of allylic oxidation sites excluding steroid dienone is 1. The summed E-state index contributed by atoms with van der Waals surface area (Å²) >= 11 is 0. The second-order valence-corrected chi connectivity index (χ2v) is 5.37. The Hall–Kier alpha value is -2.11. The molecular formula is C15H21N3O3. The van der Waals surface area contributed by atoms with E-state index >= 15 is 0 Å². The van der Waals surface area contributed by atoms with Gasteiger partial charge in [0.05, 0.1) is 0 Å².